The summed E-state index contributed by atoms with van der Waals surface area (Å²) < 4.78 is 2.06. The molecule has 1 N–H and O–H groups in total. The van der Waals surface area contributed by atoms with Crippen LogP contribution in [0.2, 0.25) is 0 Å². The predicted molar refractivity (Wildman–Crippen MR) is 90.6 cm³/mol. The minimum Gasteiger partial charge on any atom is -0.311 e. The molecule has 0 radical (unpaired) electrons. The summed E-state index contributed by atoms with van der Waals surface area (Å²) in [6, 6.07) is 9.11. The van der Waals surface area contributed by atoms with Gasteiger partial charge in [-0.15, -0.1) is 0 Å². The van der Waals surface area contributed by atoms with E-state index in [1.807, 2.05) is 6.20 Å². The molecule has 1 amide bonds. The van der Waals surface area contributed by atoms with Crippen molar-refractivity contribution in [2.75, 3.05) is 5.32 Å². The molecule has 0 saturated heterocycles. The number of carbonyl (C=O) groups excluding carboxylic acids is 1. The molecule has 1 saturated carbocycles. The first-order valence-corrected chi connectivity index (χ1v) is 8.72. The Hall–Kier alpha value is -2.10. The molecule has 1 aliphatic heterocycles. The standard InChI is InChI=1S/C19H23N3O/c1-2-13-7-9-14(10-8-13)16-11-18(23)21-19-17(16)12-20-22(19)15-5-3-4-6-15/h7-10,12,15-16H,2-6,11H2,1H3,(H,21,23)/t16-/m0/s1. The van der Waals surface area contributed by atoms with Gasteiger partial charge in [0.25, 0.3) is 0 Å². The zero-order valence-corrected chi connectivity index (χ0v) is 13.6. The number of nitrogens with zero attached hydrogens (tertiary/aromatic N) is 2. The van der Waals surface area contributed by atoms with Crippen LogP contribution in [0.15, 0.2) is 30.5 Å². The highest BCUT2D eigenvalue weighted by molar-refractivity contribution is 5.94. The van der Waals surface area contributed by atoms with Gasteiger partial charge >= 0.3 is 0 Å². The van der Waals surface area contributed by atoms with E-state index >= 15 is 0 Å². The Morgan fingerprint density at radius 3 is 2.65 bits per heavy atom. The molecule has 1 aromatic carbocycles. The molecule has 1 aliphatic carbocycles. The first kappa shape index (κ1) is 14.5. The van der Waals surface area contributed by atoms with Crippen LogP contribution in [0.1, 0.15) is 67.7 Å². The Kier molecular flexibility index (Phi) is 3.68. The number of nitrogens with one attached hydrogen (secondary N) is 1. The Morgan fingerprint density at radius 1 is 1.22 bits per heavy atom. The smallest absolute Gasteiger partial charge is 0.226 e. The molecule has 4 rings (SSSR count). The fourth-order valence-electron chi connectivity index (χ4n) is 3.95. The van der Waals surface area contributed by atoms with Crippen LogP contribution in [0.3, 0.4) is 0 Å². The molecule has 0 spiro atoms. The Labute approximate surface area is 136 Å². The Morgan fingerprint density at radius 2 is 1.96 bits per heavy atom. The molecule has 1 aromatic heterocycles. The van der Waals surface area contributed by atoms with Crippen LogP contribution >= 0.6 is 0 Å². The molecule has 2 aromatic rings. The van der Waals surface area contributed by atoms with Crippen LogP contribution in [0.5, 0.6) is 0 Å². The zero-order valence-electron chi connectivity index (χ0n) is 13.6. The van der Waals surface area contributed by atoms with Crippen LogP contribution in [0, 0.1) is 0 Å². The fourth-order valence-corrected chi connectivity index (χ4v) is 3.95. The molecule has 2 heterocycles. The van der Waals surface area contributed by atoms with Gasteiger partial charge in [0, 0.05) is 17.9 Å². The van der Waals surface area contributed by atoms with Crippen molar-refractivity contribution < 1.29 is 4.79 Å². The Balaban J connectivity index is 1.71. The van der Waals surface area contributed by atoms with Gasteiger partial charge in [0.1, 0.15) is 5.82 Å². The van der Waals surface area contributed by atoms with Crippen molar-refractivity contribution in [1.82, 2.24) is 9.78 Å². The number of benzene rings is 1. The average Bonchev–Trinajstić information content (AvgIpc) is 3.23. The van der Waals surface area contributed by atoms with E-state index in [-0.39, 0.29) is 11.8 Å². The summed E-state index contributed by atoms with van der Waals surface area (Å²) in [6.07, 6.45) is 8.36. The molecule has 23 heavy (non-hydrogen) atoms. The van der Waals surface area contributed by atoms with Crippen molar-refractivity contribution in [3.05, 3.63) is 47.2 Å². The van der Waals surface area contributed by atoms with Gasteiger partial charge in [0.05, 0.1) is 12.2 Å². The molecular weight excluding hydrogens is 286 g/mol. The van der Waals surface area contributed by atoms with E-state index in [0.717, 1.165) is 12.2 Å². The lowest BCUT2D eigenvalue weighted by Gasteiger charge is -2.25. The topological polar surface area (TPSA) is 46.9 Å². The van der Waals surface area contributed by atoms with Gasteiger partial charge in [-0.2, -0.15) is 5.10 Å². The molecule has 1 fully saturated rings. The van der Waals surface area contributed by atoms with Crippen LogP contribution < -0.4 is 5.32 Å². The molecule has 0 unspecified atom stereocenters. The van der Waals surface area contributed by atoms with Gasteiger partial charge in [0.2, 0.25) is 5.91 Å². The van der Waals surface area contributed by atoms with Crippen molar-refractivity contribution in [3.8, 4) is 0 Å². The largest absolute Gasteiger partial charge is 0.311 e. The minimum atomic E-state index is 0.0989. The summed E-state index contributed by atoms with van der Waals surface area (Å²) in [5.41, 5.74) is 3.71. The lowest BCUT2D eigenvalue weighted by atomic mass is 9.87. The predicted octanol–water partition coefficient (Wildman–Crippen LogP) is 4.03. The number of amides is 1. The van der Waals surface area contributed by atoms with E-state index in [2.05, 4.69) is 46.3 Å². The molecule has 4 nitrogen and oxygen atoms in total. The number of hydrogen-bond acceptors (Lipinski definition) is 2. The van der Waals surface area contributed by atoms with Crippen molar-refractivity contribution >= 4 is 11.7 Å². The van der Waals surface area contributed by atoms with Gasteiger partial charge < -0.3 is 5.32 Å². The SMILES string of the molecule is CCc1ccc([C@@H]2CC(=O)Nc3c2cnn3C2CCCC2)cc1. The second-order valence-corrected chi connectivity index (χ2v) is 6.73. The summed E-state index contributed by atoms with van der Waals surface area (Å²) in [5.74, 6) is 1.15. The van der Waals surface area contributed by atoms with Crippen LogP contribution in [0.25, 0.3) is 0 Å². The second-order valence-electron chi connectivity index (χ2n) is 6.73. The molecule has 120 valence electrons. The van der Waals surface area contributed by atoms with E-state index < -0.39 is 0 Å². The summed E-state index contributed by atoms with van der Waals surface area (Å²) in [6.45, 7) is 2.16. The first-order chi connectivity index (χ1) is 11.3. The van der Waals surface area contributed by atoms with Gasteiger partial charge in [-0.25, -0.2) is 4.68 Å². The Bertz CT molecular complexity index is 711. The van der Waals surface area contributed by atoms with E-state index in [1.54, 1.807) is 0 Å². The molecule has 4 heteroatoms. The highest BCUT2D eigenvalue weighted by Crippen LogP contribution is 2.40. The van der Waals surface area contributed by atoms with Crippen molar-refractivity contribution in [3.63, 3.8) is 0 Å². The van der Waals surface area contributed by atoms with E-state index in [9.17, 15) is 4.79 Å². The normalized spacial score (nSPS) is 21.3. The molecule has 1 atom stereocenters. The van der Waals surface area contributed by atoms with E-state index in [4.69, 9.17) is 0 Å². The molecule has 2 aliphatic rings. The fraction of sp³-hybridized carbons (Fsp3) is 0.474. The van der Waals surface area contributed by atoms with Crippen molar-refractivity contribution in [2.24, 2.45) is 0 Å². The zero-order chi connectivity index (χ0) is 15.8. The highest BCUT2D eigenvalue weighted by atomic mass is 16.1. The number of anilines is 1. The van der Waals surface area contributed by atoms with Gasteiger partial charge in [-0.3, -0.25) is 4.79 Å². The number of aromatic nitrogens is 2. The number of fused-ring (bicyclic) bond motifs is 1. The summed E-state index contributed by atoms with van der Waals surface area (Å²) in [5, 5.41) is 7.69. The van der Waals surface area contributed by atoms with Crippen molar-refractivity contribution in [1.29, 1.82) is 0 Å². The highest BCUT2D eigenvalue weighted by Gasteiger charge is 2.32. The third kappa shape index (κ3) is 2.56. The maximum Gasteiger partial charge on any atom is 0.226 e. The van der Waals surface area contributed by atoms with Crippen LogP contribution in [0.4, 0.5) is 5.82 Å². The van der Waals surface area contributed by atoms with Gasteiger partial charge in [-0.1, -0.05) is 44.0 Å². The van der Waals surface area contributed by atoms with Crippen molar-refractivity contribution in [2.45, 2.75) is 57.4 Å². The number of rotatable bonds is 3. The van der Waals surface area contributed by atoms with Gasteiger partial charge in [0.15, 0.2) is 0 Å². The average molecular weight is 309 g/mol. The third-order valence-electron chi connectivity index (χ3n) is 5.31. The number of aryl methyl sites for hydroxylation is 1. The summed E-state index contributed by atoms with van der Waals surface area (Å²) >= 11 is 0. The third-order valence-corrected chi connectivity index (χ3v) is 5.31. The van der Waals surface area contributed by atoms with Crippen LogP contribution in [-0.4, -0.2) is 15.7 Å². The number of carbonyl (C=O) groups is 1. The quantitative estimate of drug-likeness (QED) is 0.930. The second kappa shape index (κ2) is 5.84. The summed E-state index contributed by atoms with van der Waals surface area (Å²) in [7, 11) is 0. The maximum atomic E-state index is 12.2. The van der Waals surface area contributed by atoms with E-state index in [0.29, 0.717) is 12.5 Å². The summed E-state index contributed by atoms with van der Waals surface area (Å²) in [4.78, 5) is 12.2. The first-order valence-electron chi connectivity index (χ1n) is 8.72. The lowest BCUT2D eigenvalue weighted by Crippen LogP contribution is -2.25. The maximum absolute atomic E-state index is 12.2. The van der Waals surface area contributed by atoms with Gasteiger partial charge in [-0.05, 0) is 30.4 Å². The number of hydrogen-bond donors (Lipinski definition) is 1. The lowest BCUT2D eigenvalue weighted by molar-refractivity contribution is -0.116. The van der Waals surface area contributed by atoms with E-state index in [1.165, 1.54) is 42.4 Å². The monoisotopic (exact) mass is 309 g/mol. The molecule has 0 bridgehead atoms. The van der Waals surface area contributed by atoms with Crippen LogP contribution in [-0.2, 0) is 11.2 Å². The molecular formula is C19H23N3O. The minimum absolute atomic E-state index is 0.0989.